The van der Waals surface area contributed by atoms with Gasteiger partial charge in [0.2, 0.25) is 0 Å². The summed E-state index contributed by atoms with van der Waals surface area (Å²) in [5, 5.41) is 6.87. The van der Waals surface area contributed by atoms with Crippen LogP contribution in [0, 0.1) is 0 Å². The molecule has 2 aromatic heterocycles. The first-order valence-corrected chi connectivity index (χ1v) is 7.49. The van der Waals surface area contributed by atoms with Crippen LogP contribution >= 0.6 is 27.3 Å². The summed E-state index contributed by atoms with van der Waals surface area (Å²) in [6.07, 6.45) is 1.99. The molecule has 0 radical (unpaired) electrons. The summed E-state index contributed by atoms with van der Waals surface area (Å²) in [5.74, 6) is 0. The molecule has 0 amide bonds. The standard InChI is InChI=1S/C14H13BrN2S/c15-12-6-13(18-9-12)8-16-7-11-3-1-2-10-4-5-17-14(10)11/h1-6,9,16-17H,7-8H2. The van der Waals surface area contributed by atoms with Gasteiger partial charge in [-0.15, -0.1) is 11.3 Å². The fraction of sp³-hybridized carbons (Fsp3) is 0.143. The van der Waals surface area contributed by atoms with Crippen molar-refractivity contribution in [3.63, 3.8) is 0 Å². The average Bonchev–Trinajstić information content (AvgIpc) is 2.98. The molecule has 2 nitrogen and oxygen atoms in total. The van der Waals surface area contributed by atoms with E-state index in [0.29, 0.717) is 0 Å². The van der Waals surface area contributed by atoms with Crippen molar-refractivity contribution in [3.05, 3.63) is 56.8 Å². The van der Waals surface area contributed by atoms with Gasteiger partial charge in [0.25, 0.3) is 0 Å². The van der Waals surface area contributed by atoms with E-state index in [1.807, 2.05) is 6.20 Å². The number of aromatic nitrogens is 1. The quantitative estimate of drug-likeness (QED) is 0.737. The van der Waals surface area contributed by atoms with Crippen molar-refractivity contribution in [1.29, 1.82) is 0 Å². The number of thiophene rings is 1. The molecule has 0 bridgehead atoms. The van der Waals surface area contributed by atoms with E-state index in [0.717, 1.165) is 17.6 Å². The lowest BCUT2D eigenvalue weighted by Gasteiger charge is -2.05. The molecule has 3 rings (SSSR count). The molecular weight excluding hydrogens is 308 g/mol. The summed E-state index contributed by atoms with van der Waals surface area (Å²) >= 11 is 5.25. The van der Waals surface area contributed by atoms with Crippen LogP contribution in [0.1, 0.15) is 10.4 Å². The molecular formula is C14H13BrN2S. The number of para-hydroxylation sites is 1. The first-order chi connectivity index (χ1) is 8.83. The van der Waals surface area contributed by atoms with Crippen LogP contribution in [0.2, 0.25) is 0 Å². The van der Waals surface area contributed by atoms with Gasteiger partial charge in [-0.2, -0.15) is 0 Å². The molecule has 0 atom stereocenters. The number of fused-ring (bicyclic) bond motifs is 1. The molecule has 1 aromatic carbocycles. The maximum Gasteiger partial charge on any atom is 0.0499 e. The van der Waals surface area contributed by atoms with Crippen LogP contribution in [0.25, 0.3) is 10.9 Å². The average molecular weight is 321 g/mol. The Kier molecular flexibility index (Phi) is 3.50. The van der Waals surface area contributed by atoms with Crippen molar-refractivity contribution in [3.8, 4) is 0 Å². The predicted molar refractivity (Wildman–Crippen MR) is 80.9 cm³/mol. The van der Waals surface area contributed by atoms with Crippen LogP contribution in [-0.2, 0) is 13.1 Å². The molecule has 92 valence electrons. The molecule has 2 heterocycles. The monoisotopic (exact) mass is 320 g/mol. The highest BCUT2D eigenvalue weighted by Gasteiger charge is 2.02. The highest BCUT2D eigenvalue weighted by molar-refractivity contribution is 9.10. The van der Waals surface area contributed by atoms with E-state index < -0.39 is 0 Å². The molecule has 0 unspecified atom stereocenters. The first-order valence-electron chi connectivity index (χ1n) is 5.81. The van der Waals surface area contributed by atoms with Gasteiger partial charge >= 0.3 is 0 Å². The Balaban J connectivity index is 1.68. The Hall–Kier alpha value is -1.10. The van der Waals surface area contributed by atoms with Crippen molar-refractivity contribution in [2.24, 2.45) is 0 Å². The van der Waals surface area contributed by atoms with Crippen LogP contribution < -0.4 is 5.32 Å². The Morgan fingerprint density at radius 1 is 1.22 bits per heavy atom. The summed E-state index contributed by atoms with van der Waals surface area (Å²) in [5.41, 5.74) is 2.55. The number of aromatic amines is 1. The second-order valence-corrected chi connectivity index (χ2v) is 6.11. The van der Waals surface area contributed by atoms with Gasteiger partial charge in [-0.25, -0.2) is 0 Å². The molecule has 2 N–H and O–H groups in total. The Labute approximate surface area is 118 Å². The first kappa shape index (κ1) is 12.0. The van der Waals surface area contributed by atoms with Gasteiger partial charge in [0.05, 0.1) is 0 Å². The van der Waals surface area contributed by atoms with E-state index in [1.54, 1.807) is 11.3 Å². The van der Waals surface area contributed by atoms with Crippen molar-refractivity contribution in [2.45, 2.75) is 13.1 Å². The summed E-state index contributed by atoms with van der Waals surface area (Å²) in [6.45, 7) is 1.79. The van der Waals surface area contributed by atoms with Crippen LogP contribution in [-0.4, -0.2) is 4.98 Å². The fourth-order valence-corrected chi connectivity index (χ4v) is 3.48. The normalized spacial score (nSPS) is 11.2. The Morgan fingerprint density at radius 3 is 3.00 bits per heavy atom. The molecule has 0 fully saturated rings. The van der Waals surface area contributed by atoms with Crippen LogP contribution in [0.15, 0.2) is 46.4 Å². The molecule has 0 saturated carbocycles. The third kappa shape index (κ3) is 2.51. The third-order valence-electron chi connectivity index (χ3n) is 2.91. The molecule has 0 aliphatic rings. The van der Waals surface area contributed by atoms with Gasteiger partial charge in [-0.3, -0.25) is 0 Å². The predicted octanol–water partition coefficient (Wildman–Crippen LogP) is 4.28. The molecule has 0 aliphatic carbocycles. The summed E-state index contributed by atoms with van der Waals surface area (Å²) in [4.78, 5) is 4.64. The number of rotatable bonds is 4. The maximum atomic E-state index is 3.48. The highest BCUT2D eigenvalue weighted by Crippen LogP contribution is 2.20. The second-order valence-electron chi connectivity index (χ2n) is 4.19. The summed E-state index contributed by atoms with van der Waals surface area (Å²) < 4.78 is 1.16. The largest absolute Gasteiger partial charge is 0.361 e. The van der Waals surface area contributed by atoms with Gasteiger partial charge < -0.3 is 10.3 Å². The van der Waals surface area contributed by atoms with Gasteiger partial charge in [0, 0.05) is 39.5 Å². The van der Waals surface area contributed by atoms with E-state index >= 15 is 0 Å². The topological polar surface area (TPSA) is 27.8 Å². The highest BCUT2D eigenvalue weighted by atomic mass is 79.9. The minimum atomic E-state index is 0.882. The van der Waals surface area contributed by atoms with E-state index in [-0.39, 0.29) is 0 Å². The van der Waals surface area contributed by atoms with Crippen molar-refractivity contribution in [2.75, 3.05) is 0 Å². The zero-order valence-corrected chi connectivity index (χ0v) is 12.1. The smallest absolute Gasteiger partial charge is 0.0499 e. The third-order valence-corrected chi connectivity index (χ3v) is 4.61. The molecule has 4 heteroatoms. The molecule has 3 aromatic rings. The maximum absolute atomic E-state index is 3.48. The van der Waals surface area contributed by atoms with Gasteiger partial charge in [0.15, 0.2) is 0 Å². The van der Waals surface area contributed by atoms with Gasteiger partial charge in [-0.1, -0.05) is 18.2 Å². The van der Waals surface area contributed by atoms with Crippen molar-refractivity contribution < 1.29 is 0 Å². The Morgan fingerprint density at radius 2 is 2.17 bits per heavy atom. The van der Waals surface area contributed by atoms with Crippen LogP contribution in [0.5, 0.6) is 0 Å². The molecule has 0 aliphatic heterocycles. The minimum Gasteiger partial charge on any atom is -0.361 e. The number of benzene rings is 1. The zero-order valence-electron chi connectivity index (χ0n) is 9.74. The lowest BCUT2D eigenvalue weighted by molar-refractivity contribution is 0.703. The SMILES string of the molecule is Brc1csc(CNCc2cccc3cc[nH]c23)c1. The van der Waals surface area contributed by atoms with Crippen molar-refractivity contribution in [1.82, 2.24) is 10.3 Å². The number of H-pyrrole nitrogens is 1. The van der Waals surface area contributed by atoms with Gasteiger partial charge in [0.1, 0.15) is 0 Å². The number of halogens is 1. The molecule has 18 heavy (non-hydrogen) atoms. The van der Waals surface area contributed by atoms with Crippen molar-refractivity contribution >= 4 is 38.2 Å². The van der Waals surface area contributed by atoms with E-state index in [9.17, 15) is 0 Å². The zero-order chi connectivity index (χ0) is 12.4. The number of hydrogen-bond acceptors (Lipinski definition) is 2. The summed E-state index contributed by atoms with van der Waals surface area (Å²) in [6, 6.07) is 10.7. The summed E-state index contributed by atoms with van der Waals surface area (Å²) in [7, 11) is 0. The molecule has 0 spiro atoms. The number of hydrogen-bond donors (Lipinski definition) is 2. The lowest BCUT2D eigenvalue weighted by atomic mass is 10.1. The Bertz CT molecular complexity index is 656. The molecule has 0 saturated heterocycles. The number of nitrogens with one attached hydrogen (secondary N) is 2. The lowest BCUT2D eigenvalue weighted by Crippen LogP contribution is -2.11. The minimum absolute atomic E-state index is 0.882. The van der Waals surface area contributed by atoms with Gasteiger partial charge in [-0.05, 0) is 39.0 Å². The van der Waals surface area contributed by atoms with Crippen LogP contribution in [0.3, 0.4) is 0 Å². The second kappa shape index (κ2) is 5.26. The van der Waals surface area contributed by atoms with Crippen LogP contribution in [0.4, 0.5) is 0 Å². The fourth-order valence-electron chi connectivity index (χ4n) is 2.06. The van der Waals surface area contributed by atoms with E-state index in [4.69, 9.17) is 0 Å². The van der Waals surface area contributed by atoms with E-state index in [1.165, 1.54) is 21.3 Å². The van der Waals surface area contributed by atoms with E-state index in [2.05, 4.69) is 61.9 Å².